The Labute approximate surface area is 97.7 Å². The summed E-state index contributed by atoms with van der Waals surface area (Å²) in [5.74, 6) is 1.91. The lowest BCUT2D eigenvalue weighted by Crippen LogP contribution is -2.48. The first-order valence-electron chi connectivity index (χ1n) is 6.05. The number of hydrogen-bond acceptors (Lipinski definition) is 3. The SMILES string of the molecule is CC1CCNCC1N(C)Cc1nccn1C. The van der Waals surface area contributed by atoms with Gasteiger partial charge in [0, 0.05) is 32.0 Å². The summed E-state index contributed by atoms with van der Waals surface area (Å²) in [7, 11) is 4.25. The summed E-state index contributed by atoms with van der Waals surface area (Å²) >= 11 is 0. The van der Waals surface area contributed by atoms with E-state index in [-0.39, 0.29) is 0 Å². The van der Waals surface area contributed by atoms with Crippen LogP contribution in [0.1, 0.15) is 19.2 Å². The molecule has 1 aliphatic rings. The van der Waals surface area contributed by atoms with Gasteiger partial charge < -0.3 is 9.88 Å². The Balaban J connectivity index is 1.96. The summed E-state index contributed by atoms with van der Waals surface area (Å²) in [6, 6.07) is 0.630. The predicted octanol–water partition coefficient (Wildman–Crippen LogP) is 0.850. The van der Waals surface area contributed by atoms with Crippen LogP contribution in [0.15, 0.2) is 12.4 Å². The highest BCUT2D eigenvalue weighted by Gasteiger charge is 2.25. The van der Waals surface area contributed by atoms with E-state index < -0.39 is 0 Å². The number of hydrogen-bond donors (Lipinski definition) is 1. The lowest BCUT2D eigenvalue weighted by molar-refractivity contribution is 0.141. The summed E-state index contributed by atoms with van der Waals surface area (Å²) in [6.07, 6.45) is 5.15. The molecule has 4 heteroatoms. The first-order chi connectivity index (χ1) is 7.68. The van der Waals surface area contributed by atoms with Gasteiger partial charge in [0.15, 0.2) is 0 Å². The molecule has 1 saturated heterocycles. The molecule has 0 aliphatic carbocycles. The van der Waals surface area contributed by atoms with Crippen molar-refractivity contribution < 1.29 is 0 Å². The van der Waals surface area contributed by atoms with E-state index in [1.807, 2.05) is 12.4 Å². The first kappa shape index (κ1) is 11.6. The molecule has 0 radical (unpaired) electrons. The van der Waals surface area contributed by atoms with Crippen molar-refractivity contribution in [2.75, 3.05) is 20.1 Å². The smallest absolute Gasteiger partial charge is 0.122 e. The van der Waals surface area contributed by atoms with Gasteiger partial charge in [0.05, 0.1) is 6.54 Å². The molecular formula is C12H22N4. The standard InChI is InChI=1S/C12H22N4/c1-10-4-5-13-8-11(10)16(3)9-12-14-6-7-15(12)2/h6-7,10-11,13H,4-5,8-9H2,1-3H3. The third-order valence-corrected chi connectivity index (χ3v) is 3.66. The monoisotopic (exact) mass is 222 g/mol. The van der Waals surface area contributed by atoms with Crippen LogP contribution >= 0.6 is 0 Å². The van der Waals surface area contributed by atoms with Crippen molar-refractivity contribution >= 4 is 0 Å². The minimum atomic E-state index is 0.630. The van der Waals surface area contributed by atoms with Gasteiger partial charge in [-0.1, -0.05) is 6.92 Å². The molecule has 0 spiro atoms. The van der Waals surface area contributed by atoms with Crippen LogP contribution in [-0.2, 0) is 13.6 Å². The van der Waals surface area contributed by atoms with Crippen molar-refractivity contribution in [2.45, 2.75) is 25.9 Å². The van der Waals surface area contributed by atoms with Gasteiger partial charge in [0.25, 0.3) is 0 Å². The van der Waals surface area contributed by atoms with E-state index in [2.05, 4.69) is 40.8 Å². The summed E-state index contributed by atoms with van der Waals surface area (Å²) in [4.78, 5) is 6.79. The number of piperidine rings is 1. The molecule has 1 N–H and O–H groups in total. The number of nitrogens with one attached hydrogen (secondary N) is 1. The maximum Gasteiger partial charge on any atom is 0.122 e. The molecule has 0 aromatic carbocycles. The quantitative estimate of drug-likeness (QED) is 0.823. The third-order valence-electron chi connectivity index (χ3n) is 3.66. The van der Waals surface area contributed by atoms with Crippen molar-refractivity contribution in [1.82, 2.24) is 19.8 Å². The third kappa shape index (κ3) is 2.44. The molecule has 1 aliphatic heterocycles. The number of aryl methyl sites for hydroxylation is 1. The van der Waals surface area contributed by atoms with Gasteiger partial charge in [-0.25, -0.2) is 4.98 Å². The fourth-order valence-electron chi connectivity index (χ4n) is 2.45. The predicted molar refractivity (Wildman–Crippen MR) is 65.1 cm³/mol. The van der Waals surface area contributed by atoms with Gasteiger partial charge in [-0.05, 0) is 25.9 Å². The minimum absolute atomic E-state index is 0.630. The molecule has 0 amide bonds. The van der Waals surface area contributed by atoms with Crippen molar-refractivity contribution in [3.63, 3.8) is 0 Å². The average molecular weight is 222 g/mol. The van der Waals surface area contributed by atoms with Crippen LogP contribution < -0.4 is 5.32 Å². The Morgan fingerprint density at radius 1 is 1.62 bits per heavy atom. The Morgan fingerprint density at radius 2 is 2.44 bits per heavy atom. The lowest BCUT2D eigenvalue weighted by atomic mass is 9.94. The lowest BCUT2D eigenvalue weighted by Gasteiger charge is -2.36. The van der Waals surface area contributed by atoms with Gasteiger partial charge in [-0.3, -0.25) is 4.90 Å². The number of nitrogens with zero attached hydrogens (tertiary/aromatic N) is 3. The summed E-state index contributed by atoms with van der Waals surface area (Å²) < 4.78 is 2.09. The molecule has 0 saturated carbocycles. The molecule has 4 nitrogen and oxygen atoms in total. The fraction of sp³-hybridized carbons (Fsp3) is 0.750. The average Bonchev–Trinajstić information content (AvgIpc) is 2.65. The minimum Gasteiger partial charge on any atom is -0.337 e. The zero-order valence-corrected chi connectivity index (χ0v) is 10.5. The van der Waals surface area contributed by atoms with Crippen LogP contribution in [0.5, 0.6) is 0 Å². The molecule has 1 aromatic heterocycles. The highest BCUT2D eigenvalue weighted by molar-refractivity contribution is 4.92. The Kier molecular flexibility index (Phi) is 3.61. The number of aromatic nitrogens is 2. The van der Waals surface area contributed by atoms with Gasteiger partial charge in [-0.15, -0.1) is 0 Å². The van der Waals surface area contributed by atoms with Crippen molar-refractivity contribution in [2.24, 2.45) is 13.0 Å². The molecule has 2 atom stereocenters. The molecule has 90 valence electrons. The molecule has 1 aromatic rings. The van der Waals surface area contributed by atoms with Crippen molar-refractivity contribution in [3.8, 4) is 0 Å². The number of rotatable bonds is 3. The zero-order valence-electron chi connectivity index (χ0n) is 10.5. The van der Waals surface area contributed by atoms with Gasteiger partial charge in [0.2, 0.25) is 0 Å². The molecule has 16 heavy (non-hydrogen) atoms. The van der Waals surface area contributed by atoms with Crippen LogP contribution in [0.4, 0.5) is 0 Å². The fourth-order valence-corrected chi connectivity index (χ4v) is 2.45. The van der Waals surface area contributed by atoms with Crippen molar-refractivity contribution in [3.05, 3.63) is 18.2 Å². The second kappa shape index (κ2) is 4.97. The second-order valence-electron chi connectivity index (χ2n) is 4.91. The maximum absolute atomic E-state index is 4.38. The van der Waals surface area contributed by atoms with Crippen LogP contribution in [0.3, 0.4) is 0 Å². The summed E-state index contributed by atoms with van der Waals surface area (Å²) in [5.41, 5.74) is 0. The Morgan fingerprint density at radius 3 is 3.06 bits per heavy atom. The van der Waals surface area contributed by atoms with E-state index in [4.69, 9.17) is 0 Å². The normalized spacial score (nSPS) is 26.2. The summed E-state index contributed by atoms with van der Waals surface area (Å²) in [6.45, 7) is 5.54. The highest BCUT2D eigenvalue weighted by Crippen LogP contribution is 2.17. The molecular weight excluding hydrogens is 200 g/mol. The second-order valence-corrected chi connectivity index (χ2v) is 4.91. The molecule has 2 rings (SSSR count). The van der Waals surface area contributed by atoms with Crippen LogP contribution in [0.25, 0.3) is 0 Å². The molecule has 1 fully saturated rings. The van der Waals surface area contributed by atoms with Crippen molar-refractivity contribution in [1.29, 1.82) is 0 Å². The van der Waals surface area contributed by atoms with E-state index in [0.717, 1.165) is 31.4 Å². The van der Waals surface area contributed by atoms with E-state index >= 15 is 0 Å². The summed E-state index contributed by atoms with van der Waals surface area (Å²) in [5, 5.41) is 3.47. The number of likely N-dealkylation sites (N-methyl/N-ethyl adjacent to an activating group) is 1. The Hall–Kier alpha value is -0.870. The molecule has 2 heterocycles. The topological polar surface area (TPSA) is 33.1 Å². The van der Waals surface area contributed by atoms with E-state index in [9.17, 15) is 0 Å². The Bertz CT molecular complexity index is 334. The number of imidazole rings is 1. The van der Waals surface area contributed by atoms with E-state index in [1.165, 1.54) is 6.42 Å². The zero-order chi connectivity index (χ0) is 11.5. The molecule has 2 unspecified atom stereocenters. The van der Waals surface area contributed by atoms with E-state index in [0.29, 0.717) is 6.04 Å². The van der Waals surface area contributed by atoms with Gasteiger partial charge >= 0.3 is 0 Å². The van der Waals surface area contributed by atoms with Crippen LogP contribution in [0.2, 0.25) is 0 Å². The highest BCUT2D eigenvalue weighted by atomic mass is 15.2. The van der Waals surface area contributed by atoms with Crippen LogP contribution in [-0.4, -0.2) is 40.6 Å². The van der Waals surface area contributed by atoms with Gasteiger partial charge in [-0.2, -0.15) is 0 Å². The van der Waals surface area contributed by atoms with E-state index in [1.54, 1.807) is 0 Å². The maximum atomic E-state index is 4.38. The van der Waals surface area contributed by atoms with Crippen LogP contribution in [0, 0.1) is 5.92 Å². The molecule has 0 bridgehead atoms. The first-order valence-corrected chi connectivity index (χ1v) is 6.05. The van der Waals surface area contributed by atoms with Gasteiger partial charge in [0.1, 0.15) is 5.82 Å². The largest absolute Gasteiger partial charge is 0.337 e.